The van der Waals surface area contributed by atoms with Gasteiger partial charge in [0.25, 0.3) is 0 Å². The van der Waals surface area contributed by atoms with Crippen molar-refractivity contribution < 1.29 is 42.9 Å². The Morgan fingerprint density at radius 1 is 1.22 bits per heavy atom. The number of carboxylic acids is 3. The summed E-state index contributed by atoms with van der Waals surface area (Å²) in [5, 5.41) is 28.0. The topological polar surface area (TPSA) is 124 Å². The van der Waals surface area contributed by atoms with Crippen LogP contribution in [0.15, 0.2) is 12.2 Å². The molecule has 0 aromatic rings. The second-order valence-corrected chi connectivity index (χ2v) is 5.18. The third-order valence-electron chi connectivity index (χ3n) is 3.52. The van der Waals surface area contributed by atoms with Gasteiger partial charge in [0, 0.05) is 12.5 Å². The van der Waals surface area contributed by atoms with Crippen molar-refractivity contribution in [2.45, 2.75) is 26.1 Å². The highest BCUT2D eigenvalue weighted by Crippen LogP contribution is 2.34. The van der Waals surface area contributed by atoms with Crippen LogP contribution in [0.4, 0.5) is 13.2 Å². The van der Waals surface area contributed by atoms with Gasteiger partial charge in [-0.05, 0) is 12.8 Å². The van der Waals surface area contributed by atoms with Crippen LogP contribution < -0.4 is 5.32 Å². The lowest BCUT2D eigenvalue weighted by atomic mass is 9.78. The molecule has 1 saturated heterocycles. The highest BCUT2D eigenvalue weighted by Gasteiger charge is 2.45. The molecule has 0 bridgehead atoms. The summed E-state index contributed by atoms with van der Waals surface area (Å²) in [6.45, 7) is 7.63. The third kappa shape index (κ3) is 5.89. The maximum atomic E-state index is 11.0. The molecule has 23 heavy (non-hydrogen) atoms. The van der Waals surface area contributed by atoms with E-state index in [0.29, 0.717) is 6.54 Å². The summed E-state index contributed by atoms with van der Waals surface area (Å²) >= 11 is 0. The number of halogens is 3. The van der Waals surface area contributed by atoms with Gasteiger partial charge in [0.1, 0.15) is 6.04 Å². The Morgan fingerprint density at radius 2 is 1.65 bits per heavy atom. The Balaban J connectivity index is 0.000000585. The van der Waals surface area contributed by atoms with E-state index in [1.807, 2.05) is 0 Å². The van der Waals surface area contributed by atoms with Gasteiger partial charge < -0.3 is 20.6 Å². The largest absolute Gasteiger partial charge is 0.490 e. The molecule has 0 aromatic heterocycles. The molecule has 0 radical (unpaired) electrons. The fraction of sp³-hybridized carbons (Fsp3) is 0.615. The van der Waals surface area contributed by atoms with E-state index in [0.717, 1.165) is 5.57 Å². The first kappa shape index (κ1) is 20.9. The van der Waals surface area contributed by atoms with Gasteiger partial charge in [-0.3, -0.25) is 9.59 Å². The van der Waals surface area contributed by atoms with E-state index in [2.05, 4.69) is 11.9 Å². The van der Waals surface area contributed by atoms with Crippen molar-refractivity contribution in [2.75, 3.05) is 6.54 Å². The first-order valence-electron chi connectivity index (χ1n) is 6.45. The van der Waals surface area contributed by atoms with Crippen LogP contribution in [0.3, 0.4) is 0 Å². The monoisotopic (exact) mass is 341 g/mol. The second-order valence-electron chi connectivity index (χ2n) is 5.18. The number of carboxylic acid groups (broad SMARTS) is 3. The summed E-state index contributed by atoms with van der Waals surface area (Å²) in [5.41, 5.74) is 0.828. The predicted octanol–water partition coefficient (Wildman–Crippen LogP) is 1.21. The van der Waals surface area contributed by atoms with E-state index in [9.17, 15) is 22.8 Å². The quantitative estimate of drug-likeness (QED) is 0.567. The lowest BCUT2D eigenvalue weighted by Gasteiger charge is -2.25. The number of nitrogens with one attached hydrogen (secondary N) is 1. The van der Waals surface area contributed by atoms with Crippen molar-refractivity contribution in [3.63, 3.8) is 0 Å². The molecule has 1 fully saturated rings. The van der Waals surface area contributed by atoms with E-state index in [1.54, 1.807) is 13.8 Å². The number of hydrogen-bond donors (Lipinski definition) is 4. The predicted molar refractivity (Wildman–Crippen MR) is 71.7 cm³/mol. The zero-order valence-corrected chi connectivity index (χ0v) is 12.4. The van der Waals surface area contributed by atoms with Crippen molar-refractivity contribution in [3.05, 3.63) is 12.2 Å². The van der Waals surface area contributed by atoms with Crippen LogP contribution in [0.2, 0.25) is 0 Å². The maximum absolute atomic E-state index is 11.0. The van der Waals surface area contributed by atoms with Crippen LogP contribution in [0.25, 0.3) is 0 Å². The first-order valence-corrected chi connectivity index (χ1v) is 6.45. The number of rotatable bonds is 4. The fourth-order valence-electron chi connectivity index (χ4n) is 2.31. The number of aliphatic carboxylic acids is 3. The van der Waals surface area contributed by atoms with E-state index < -0.39 is 42.0 Å². The first-order chi connectivity index (χ1) is 10.3. The molecular formula is C13H18F3NO6. The van der Waals surface area contributed by atoms with Crippen LogP contribution in [-0.4, -0.2) is 52.0 Å². The van der Waals surface area contributed by atoms with Crippen molar-refractivity contribution in [1.82, 2.24) is 5.32 Å². The minimum Gasteiger partial charge on any atom is -0.481 e. The van der Waals surface area contributed by atoms with Crippen LogP contribution in [0.1, 0.15) is 13.8 Å². The molecule has 7 nitrogen and oxygen atoms in total. The summed E-state index contributed by atoms with van der Waals surface area (Å²) in [7, 11) is 0. The molecule has 1 aliphatic rings. The van der Waals surface area contributed by atoms with Gasteiger partial charge in [-0.2, -0.15) is 13.2 Å². The lowest BCUT2D eigenvalue weighted by Crippen LogP contribution is -2.40. The summed E-state index contributed by atoms with van der Waals surface area (Å²) in [5.74, 6) is -5.95. The minimum atomic E-state index is -5.08. The fourth-order valence-corrected chi connectivity index (χ4v) is 2.31. The molecule has 4 N–H and O–H groups in total. The molecule has 132 valence electrons. The smallest absolute Gasteiger partial charge is 0.481 e. The average molecular weight is 341 g/mol. The number of hydrogen-bond acceptors (Lipinski definition) is 4. The van der Waals surface area contributed by atoms with Gasteiger partial charge in [-0.25, -0.2) is 4.79 Å². The van der Waals surface area contributed by atoms with E-state index in [4.69, 9.17) is 20.1 Å². The SMILES string of the molecule is C=C(C)[C@H]1CN[C@H](C(=O)O)[C@H]1C(C)C(=O)O.O=C(O)C(F)(F)F. The Hall–Kier alpha value is -2.10. The summed E-state index contributed by atoms with van der Waals surface area (Å²) in [4.78, 5) is 30.9. The van der Waals surface area contributed by atoms with Crippen LogP contribution >= 0.6 is 0 Å². The Bertz CT molecular complexity index is 469. The molecule has 1 rings (SSSR count). The third-order valence-corrected chi connectivity index (χ3v) is 3.52. The van der Waals surface area contributed by atoms with Crippen LogP contribution in [-0.2, 0) is 14.4 Å². The zero-order chi connectivity index (χ0) is 18.5. The van der Waals surface area contributed by atoms with E-state index in [1.165, 1.54) is 0 Å². The summed E-state index contributed by atoms with van der Waals surface area (Å²) < 4.78 is 31.7. The highest BCUT2D eigenvalue weighted by molar-refractivity contribution is 5.77. The Kier molecular flexibility index (Phi) is 7.23. The van der Waals surface area contributed by atoms with Gasteiger partial charge in [0.05, 0.1) is 5.92 Å². The molecule has 0 aromatic carbocycles. The standard InChI is InChI=1S/C11H17NO4.C2HF3O2/c1-5(2)7-4-12-9(11(15)16)8(7)6(3)10(13)14;3-2(4,5)1(6)7/h6-9,12H,1,4H2,2-3H3,(H,13,14)(H,15,16);(H,6,7)/t6?,7-,8+,9+;/m1./s1. The molecule has 0 amide bonds. The maximum Gasteiger partial charge on any atom is 0.490 e. The van der Waals surface area contributed by atoms with Gasteiger partial charge >= 0.3 is 24.1 Å². The Morgan fingerprint density at radius 3 is 1.91 bits per heavy atom. The van der Waals surface area contributed by atoms with Crippen molar-refractivity contribution in [2.24, 2.45) is 17.8 Å². The van der Waals surface area contributed by atoms with Crippen molar-refractivity contribution in [1.29, 1.82) is 0 Å². The Labute approximate surface area is 129 Å². The van der Waals surface area contributed by atoms with Crippen LogP contribution in [0, 0.1) is 17.8 Å². The van der Waals surface area contributed by atoms with Gasteiger partial charge in [-0.15, -0.1) is 0 Å². The zero-order valence-electron chi connectivity index (χ0n) is 12.4. The van der Waals surface area contributed by atoms with E-state index >= 15 is 0 Å². The normalized spacial score (nSPS) is 25.0. The molecule has 0 saturated carbocycles. The summed E-state index contributed by atoms with van der Waals surface area (Å²) in [6, 6.07) is -0.798. The second kappa shape index (κ2) is 7.95. The highest BCUT2D eigenvalue weighted by atomic mass is 19.4. The van der Waals surface area contributed by atoms with Gasteiger partial charge in [-0.1, -0.05) is 19.1 Å². The van der Waals surface area contributed by atoms with Crippen LogP contribution in [0.5, 0.6) is 0 Å². The molecule has 1 heterocycles. The molecule has 0 aliphatic carbocycles. The molecule has 1 unspecified atom stereocenters. The molecule has 4 atom stereocenters. The van der Waals surface area contributed by atoms with Crippen molar-refractivity contribution in [3.8, 4) is 0 Å². The molecule has 10 heteroatoms. The molecule has 1 aliphatic heterocycles. The molecular weight excluding hydrogens is 323 g/mol. The molecule has 0 spiro atoms. The number of alkyl halides is 3. The average Bonchev–Trinajstić information content (AvgIpc) is 2.81. The number of carbonyl (C=O) groups is 3. The minimum absolute atomic E-state index is 0.0906. The van der Waals surface area contributed by atoms with Crippen molar-refractivity contribution >= 4 is 17.9 Å². The lowest BCUT2D eigenvalue weighted by molar-refractivity contribution is -0.192. The van der Waals surface area contributed by atoms with E-state index in [-0.39, 0.29) is 5.92 Å². The summed E-state index contributed by atoms with van der Waals surface area (Å²) in [6.07, 6.45) is -5.08. The van der Waals surface area contributed by atoms with Gasteiger partial charge in [0.15, 0.2) is 0 Å². The van der Waals surface area contributed by atoms with Gasteiger partial charge in [0.2, 0.25) is 0 Å².